The molecule has 2 aromatic heterocycles. The quantitative estimate of drug-likeness (QED) is 0.400. The van der Waals surface area contributed by atoms with Crippen LogP contribution in [-0.4, -0.2) is 21.8 Å². The SMILES string of the molecule is COc1ccc(-n2c(C)ccc2C2C(c3ccccn3)NC(=S)N2c2ccccc2F)cc1. The van der Waals surface area contributed by atoms with Crippen LogP contribution in [0.4, 0.5) is 10.1 Å². The lowest BCUT2D eigenvalue weighted by molar-refractivity contribution is 0.414. The number of rotatable bonds is 5. The van der Waals surface area contributed by atoms with Crippen LogP contribution in [0.1, 0.15) is 29.2 Å². The molecule has 5 nitrogen and oxygen atoms in total. The maximum atomic E-state index is 15.0. The molecule has 1 saturated heterocycles. The fourth-order valence-electron chi connectivity index (χ4n) is 4.44. The van der Waals surface area contributed by atoms with Crippen molar-refractivity contribution in [2.45, 2.75) is 19.0 Å². The second kappa shape index (κ2) is 8.67. The van der Waals surface area contributed by atoms with E-state index in [1.54, 1.807) is 25.4 Å². The number of anilines is 1. The van der Waals surface area contributed by atoms with Crippen LogP contribution in [0.2, 0.25) is 0 Å². The largest absolute Gasteiger partial charge is 0.497 e. The Morgan fingerprint density at radius 1 is 0.970 bits per heavy atom. The summed E-state index contributed by atoms with van der Waals surface area (Å²) in [7, 11) is 1.65. The van der Waals surface area contributed by atoms with Crippen molar-refractivity contribution in [3.8, 4) is 11.4 Å². The van der Waals surface area contributed by atoms with Crippen LogP contribution < -0.4 is 15.0 Å². The van der Waals surface area contributed by atoms with E-state index >= 15 is 0 Å². The summed E-state index contributed by atoms with van der Waals surface area (Å²) in [4.78, 5) is 6.44. The Labute approximate surface area is 197 Å². The van der Waals surface area contributed by atoms with Gasteiger partial charge in [-0.2, -0.15) is 0 Å². The van der Waals surface area contributed by atoms with Crippen molar-refractivity contribution in [3.63, 3.8) is 0 Å². The number of methoxy groups -OCH3 is 1. The van der Waals surface area contributed by atoms with Crippen molar-refractivity contribution in [1.82, 2.24) is 14.9 Å². The highest BCUT2D eigenvalue weighted by Crippen LogP contribution is 2.43. The van der Waals surface area contributed by atoms with Crippen LogP contribution >= 0.6 is 12.2 Å². The Morgan fingerprint density at radius 3 is 2.42 bits per heavy atom. The molecule has 0 radical (unpaired) electrons. The highest BCUT2D eigenvalue weighted by molar-refractivity contribution is 7.80. The van der Waals surface area contributed by atoms with Gasteiger partial charge in [-0.05, 0) is 79.8 Å². The fraction of sp³-hybridized carbons (Fsp3) is 0.154. The Morgan fingerprint density at radius 2 is 1.73 bits per heavy atom. The van der Waals surface area contributed by atoms with E-state index in [-0.39, 0.29) is 17.9 Å². The van der Waals surface area contributed by atoms with Crippen LogP contribution in [0.25, 0.3) is 5.69 Å². The molecule has 0 spiro atoms. The molecular weight excluding hydrogens is 435 g/mol. The van der Waals surface area contributed by atoms with Crippen molar-refractivity contribution in [1.29, 1.82) is 0 Å². The molecule has 1 N–H and O–H groups in total. The van der Waals surface area contributed by atoms with Gasteiger partial charge in [-0.25, -0.2) is 4.39 Å². The second-order valence-electron chi connectivity index (χ2n) is 7.88. The van der Waals surface area contributed by atoms with E-state index in [0.29, 0.717) is 10.8 Å². The fourth-order valence-corrected chi connectivity index (χ4v) is 4.77. The number of aromatic nitrogens is 2. The zero-order chi connectivity index (χ0) is 22.9. The lowest BCUT2D eigenvalue weighted by Gasteiger charge is -2.29. The van der Waals surface area contributed by atoms with E-state index in [1.165, 1.54) is 6.07 Å². The van der Waals surface area contributed by atoms with Gasteiger partial charge in [-0.15, -0.1) is 0 Å². The van der Waals surface area contributed by atoms with Gasteiger partial charge in [0, 0.05) is 23.3 Å². The van der Waals surface area contributed by atoms with Crippen LogP contribution in [-0.2, 0) is 0 Å². The zero-order valence-electron chi connectivity index (χ0n) is 18.3. The molecule has 4 aromatic rings. The number of para-hydroxylation sites is 1. The van der Waals surface area contributed by atoms with E-state index in [9.17, 15) is 4.39 Å². The van der Waals surface area contributed by atoms with E-state index < -0.39 is 0 Å². The zero-order valence-corrected chi connectivity index (χ0v) is 19.1. The molecule has 2 aromatic carbocycles. The maximum Gasteiger partial charge on any atom is 0.174 e. The third kappa shape index (κ3) is 3.74. The van der Waals surface area contributed by atoms with Gasteiger partial charge in [0.15, 0.2) is 5.11 Å². The van der Waals surface area contributed by atoms with E-state index in [1.807, 2.05) is 53.4 Å². The highest BCUT2D eigenvalue weighted by Gasteiger charge is 2.43. The number of nitrogens with one attached hydrogen (secondary N) is 1. The molecule has 33 heavy (non-hydrogen) atoms. The summed E-state index contributed by atoms with van der Waals surface area (Å²) in [6, 6.07) is 24.0. The topological polar surface area (TPSA) is 42.3 Å². The van der Waals surface area contributed by atoms with E-state index in [0.717, 1.165) is 28.5 Å². The van der Waals surface area contributed by atoms with Gasteiger partial charge in [-0.3, -0.25) is 4.98 Å². The Hall–Kier alpha value is -3.71. The first-order valence-electron chi connectivity index (χ1n) is 10.7. The Bertz CT molecular complexity index is 1290. The van der Waals surface area contributed by atoms with Crippen LogP contribution in [0.3, 0.4) is 0 Å². The normalized spacial score (nSPS) is 17.8. The molecule has 0 bridgehead atoms. The molecule has 7 heteroatoms. The van der Waals surface area contributed by atoms with Gasteiger partial charge in [0.2, 0.25) is 0 Å². The molecular formula is C26H23FN4OS. The number of pyridine rings is 1. The van der Waals surface area contributed by atoms with Gasteiger partial charge < -0.3 is 19.5 Å². The average Bonchev–Trinajstić information content (AvgIpc) is 3.39. The first kappa shape index (κ1) is 21.2. The highest BCUT2D eigenvalue weighted by atomic mass is 32.1. The predicted octanol–water partition coefficient (Wildman–Crippen LogP) is 5.51. The monoisotopic (exact) mass is 458 g/mol. The van der Waals surface area contributed by atoms with E-state index in [4.69, 9.17) is 17.0 Å². The summed E-state index contributed by atoms with van der Waals surface area (Å²) in [5.74, 6) is 0.459. The second-order valence-corrected chi connectivity index (χ2v) is 8.27. The molecule has 3 heterocycles. The summed E-state index contributed by atoms with van der Waals surface area (Å²) in [6.07, 6.45) is 1.76. The Kier molecular flexibility index (Phi) is 5.56. The van der Waals surface area contributed by atoms with Crippen LogP contribution in [0, 0.1) is 12.7 Å². The third-order valence-corrected chi connectivity index (χ3v) is 6.26. The number of benzene rings is 2. The summed E-state index contributed by atoms with van der Waals surface area (Å²) in [5, 5.41) is 3.85. The predicted molar refractivity (Wildman–Crippen MR) is 131 cm³/mol. The number of thiocarbonyl (C=S) groups is 1. The number of aryl methyl sites for hydroxylation is 1. The minimum Gasteiger partial charge on any atom is -0.497 e. The van der Waals surface area contributed by atoms with E-state index in [2.05, 4.69) is 33.9 Å². The molecule has 2 unspecified atom stereocenters. The molecule has 1 aliphatic rings. The number of nitrogens with zero attached hydrogens (tertiary/aromatic N) is 3. The first-order valence-corrected chi connectivity index (χ1v) is 11.1. The van der Waals surface area contributed by atoms with Gasteiger partial charge in [0.25, 0.3) is 0 Å². The number of hydrogen-bond donors (Lipinski definition) is 1. The molecule has 2 atom stereocenters. The van der Waals surface area contributed by atoms with Crippen LogP contribution in [0.15, 0.2) is 85.1 Å². The standard InChI is InChI=1S/C26H23FN4OS/c1-17-10-15-23(30(17)18-11-13-19(32-2)14-12-18)25-24(21-8-5-6-16-28-21)29-26(33)31(25)22-9-4-3-7-20(22)27/h3-16,24-25H,1-2H3,(H,29,33). The van der Waals surface area contributed by atoms with Crippen molar-refractivity contribution < 1.29 is 9.13 Å². The summed E-state index contributed by atoms with van der Waals surface area (Å²) >= 11 is 5.73. The summed E-state index contributed by atoms with van der Waals surface area (Å²) in [5.41, 5.74) is 4.28. The van der Waals surface area contributed by atoms with Gasteiger partial charge in [0.1, 0.15) is 17.6 Å². The molecule has 1 fully saturated rings. The summed E-state index contributed by atoms with van der Waals surface area (Å²) in [6.45, 7) is 2.05. The van der Waals surface area contributed by atoms with Crippen LogP contribution in [0.5, 0.6) is 5.75 Å². The van der Waals surface area contributed by atoms with Gasteiger partial charge in [-0.1, -0.05) is 18.2 Å². The lowest BCUT2D eigenvalue weighted by atomic mass is 10.0. The minimum absolute atomic E-state index is 0.260. The molecule has 0 aliphatic carbocycles. The average molecular weight is 459 g/mol. The van der Waals surface area contributed by atoms with Crippen molar-refractivity contribution in [2.75, 3.05) is 12.0 Å². The Balaban J connectivity index is 1.70. The maximum absolute atomic E-state index is 15.0. The molecule has 0 saturated carbocycles. The smallest absolute Gasteiger partial charge is 0.174 e. The molecule has 1 aliphatic heterocycles. The molecule has 166 valence electrons. The molecule has 0 amide bonds. The first-order chi connectivity index (χ1) is 16.1. The van der Waals surface area contributed by atoms with Gasteiger partial charge >= 0.3 is 0 Å². The van der Waals surface area contributed by atoms with Crippen molar-refractivity contribution in [3.05, 3.63) is 108 Å². The van der Waals surface area contributed by atoms with Crippen molar-refractivity contribution in [2.24, 2.45) is 0 Å². The number of halogens is 1. The van der Waals surface area contributed by atoms with Crippen molar-refractivity contribution >= 4 is 23.0 Å². The van der Waals surface area contributed by atoms with Gasteiger partial charge in [0.05, 0.1) is 24.5 Å². The number of hydrogen-bond acceptors (Lipinski definition) is 3. The number of ether oxygens (including phenoxy) is 1. The minimum atomic E-state index is -0.326. The lowest BCUT2D eigenvalue weighted by Crippen LogP contribution is -2.31. The molecule has 5 rings (SSSR count). The third-order valence-electron chi connectivity index (χ3n) is 5.95. The summed E-state index contributed by atoms with van der Waals surface area (Å²) < 4.78 is 22.5.